The predicted molar refractivity (Wildman–Crippen MR) is 68.4 cm³/mol. The Bertz CT molecular complexity index is 827. The van der Waals surface area contributed by atoms with Crippen molar-refractivity contribution in [3.63, 3.8) is 0 Å². The molecule has 0 radical (unpaired) electrons. The van der Waals surface area contributed by atoms with E-state index in [0.717, 1.165) is 6.07 Å². The summed E-state index contributed by atoms with van der Waals surface area (Å²) in [4.78, 5) is 11.0. The van der Waals surface area contributed by atoms with Gasteiger partial charge in [0.15, 0.2) is 0 Å². The molecule has 0 amide bonds. The number of aromatic amines is 1. The van der Waals surface area contributed by atoms with Gasteiger partial charge in [-0.25, -0.2) is 13.6 Å². The molecule has 0 bridgehead atoms. The Hall–Kier alpha value is -2.76. The summed E-state index contributed by atoms with van der Waals surface area (Å²) < 4.78 is 26.8. The summed E-state index contributed by atoms with van der Waals surface area (Å²) in [6, 6.07) is 7.99. The first-order valence-corrected chi connectivity index (χ1v) is 5.73. The Morgan fingerprint density at radius 1 is 1.20 bits per heavy atom. The molecule has 0 unspecified atom stereocenters. The van der Waals surface area contributed by atoms with Crippen molar-refractivity contribution in [3.8, 4) is 11.3 Å². The molecule has 2 N–H and O–H groups in total. The van der Waals surface area contributed by atoms with Crippen molar-refractivity contribution in [1.82, 2.24) is 10.2 Å². The van der Waals surface area contributed by atoms with Crippen LogP contribution < -0.4 is 0 Å². The molecule has 0 spiro atoms. The first kappa shape index (κ1) is 12.3. The highest BCUT2D eigenvalue weighted by Gasteiger charge is 2.16. The van der Waals surface area contributed by atoms with E-state index in [2.05, 4.69) is 10.2 Å². The number of benzene rings is 2. The van der Waals surface area contributed by atoms with E-state index in [1.807, 2.05) is 0 Å². The van der Waals surface area contributed by atoms with Crippen LogP contribution in [0.25, 0.3) is 22.2 Å². The molecule has 3 aromatic rings. The third kappa shape index (κ3) is 1.91. The van der Waals surface area contributed by atoms with E-state index in [4.69, 9.17) is 5.11 Å². The van der Waals surface area contributed by atoms with Crippen molar-refractivity contribution >= 4 is 16.9 Å². The number of nitrogens with zero attached hydrogens (tertiary/aromatic N) is 1. The Morgan fingerprint density at radius 2 is 2.00 bits per heavy atom. The van der Waals surface area contributed by atoms with Gasteiger partial charge in [-0.3, -0.25) is 5.10 Å². The topological polar surface area (TPSA) is 66.0 Å². The number of aromatic carboxylic acids is 1. The van der Waals surface area contributed by atoms with Crippen LogP contribution in [0, 0.1) is 11.6 Å². The Labute approximate surface area is 111 Å². The minimum atomic E-state index is -1.37. The van der Waals surface area contributed by atoms with Gasteiger partial charge in [0.25, 0.3) is 0 Å². The molecule has 6 heteroatoms. The molecule has 3 rings (SSSR count). The minimum absolute atomic E-state index is 0.353. The van der Waals surface area contributed by atoms with Crippen molar-refractivity contribution < 1.29 is 18.7 Å². The number of fused-ring (bicyclic) bond motifs is 1. The minimum Gasteiger partial charge on any atom is -0.478 e. The second-order valence-electron chi connectivity index (χ2n) is 4.27. The molecule has 20 heavy (non-hydrogen) atoms. The number of carboxylic acid groups (broad SMARTS) is 1. The summed E-state index contributed by atoms with van der Waals surface area (Å²) >= 11 is 0. The zero-order valence-electron chi connectivity index (χ0n) is 10.0. The third-order valence-electron chi connectivity index (χ3n) is 2.98. The quantitative estimate of drug-likeness (QED) is 0.754. The van der Waals surface area contributed by atoms with Gasteiger partial charge in [0.2, 0.25) is 0 Å². The summed E-state index contributed by atoms with van der Waals surface area (Å²) in [6.07, 6.45) is 0. The van der Waals surface area contributed by atoms with Gasteiger partial charge < -0.3 is 5.11 Å². The number of hydrogen-bond acceptors (Lipinski definition) is 2. The van der Waals surface area contributed by atoms with Crippen LogP contribution in [0.3, 0.4) is 0 Å². The third-order valence-corrected chi connectivity index (χ3v) is 2.98. The smallest absolute Gasteiger partial charge is 0.338 e. The fourth-order valence-electron chi connectivity index (χ4n) is 2.06. The van der Waals surface area contributed by atoms with Gasteiger partial charge in [-0.2, -0.15) is 5.10 Å². The fourth-order valence-corrected chi connectivity index (χ4v) is 2.06. The molecule has 0 saturated heterocycles. The van der Waals surface area contributed by atoms with Crippen molar-refractivity contribution in [1.29, 1.82) is 0 Å². The van der Waals surface area contributed by atoms with Crippen molar-refractivity contribution in [2.45, 2.75) is 0 Å². The van der Waals surface area contributed by atoms with E-state index in [-0.39, 0.29) is 0 Å². The van der Waals surface area contributed by atoms with E-state index < -0.39 is 23.2 Å². The first-order valence-electron chi connectivity index (χ1n) is 5.73. The van der Waals surface area contributed by atoms with Crippen LogP contribution in [0.4, 0.5) is 8.78 Å². The molecule has 0 saturated carbocycles. The monoisotopic (exact) mass is 274 g/mol. The summed E-state index contributed by atoms with van der Waals surface area (Å²) in [5.41, 5.74) is 0.768. The summed E-state index contributed by atoms with van der Waals surface area (Å²) in [5, 5.41) is 16.0. The molecule has 100 valence electrons. The number of halogens is 2. The Balaban J connectivity index is 2.27. The van der Waals surface area contributed by atoms with Crippen molar-refractivity contribution in [2.24, 2.45) is 0 Å². The van der Waals surface area contributed by atoms with E-state index in [0.29, 0.717) is 22.2 Å². The van der Waals surface area contributed by atoms with Crippen LogP contribution in [0.2, 0.25) is 0 Å². The highest BCUT2D eigenvalue weighted by atomic mass is 19.1. The SMILES string of the molecule is O=C(O)c1cc2c(-c3cccc(F)c3)n[nH]c2cc1F. The summed E-state index contributed by atoms with van der Waals surface area (Å²) in [7, 11) is 0. The van der Waals surface area contributed by atoms with Gasteiger partial charge in [0, 0.05) is 17.0 Å². The van der Waals surface area contributed by atoms with Gasteiger partial charge >= 0.3 is 5.97 Å². The normalized spacial score (nSPS) is 10.9. The Kier molecular flexibility index (Phi) is 2.71. The lowest BCUT2D eigenvalue weighted by Gasteiger charge is -2.00. The number of nitrogens with one attached hydrogen (secondary N) is 1. The van der Waals surface area contributed by atoms with E-state index in [1.54, 1.807) is 6.07 Å². The van der Waals surface area contributed by atoms with E-state index in [9.17, 15) is 13.6 Å². The molecule has 0 aliphatic heterocycles. The highest BCUT2D eigenvalue weighted by Crippen LogP contribution is 2.28. The fraction of sp³-hybridized carbons (Fsp3) is 0. The van der Waals surface area contributed by atoms with E-state index >= 15 is 0 Å². The second kappa shape index (κ2) is 4.41. The number of carbonyl (C=O) groups is 1. The molecule has 0 aliphatic carbocycles. The number of H-pyrrole nitrogens is 1. The van der Waals surface area contributed by atoms with Crippen LogP contribution in [0.1, 0.15) is 10.4 Å². The van der Waals surface area contributed by atoms with Crippen LogP contribution in [-0.2, 0) is 0 Å². The zero-order valence-corrected chi connectivity index (χ0v) is 10.0. The number of rotatable bonds is 2. The molecule has 4 nitrogen and oxygen atoms in total. The maximum Gasteiger partial charge on any atom is 0.338 e. The molecule has 0 atom stereocenters. The second-order valence-corrected chi connectivity index (χ2v) is 4.27. The summed E-state index contributed by atoms with van der Waals surface area (Å²) in [5.74, 6) is -2.64. The molecule has 0 aliphatic rings. The predicted octanol–water partition coefficient (Wildman–Crippen LogP) is 3.21. The van der Waals surface area contributed by atoms with Crippen molar-refractivity contribution in [2.75, 3.05) is 0 Å². The van der Waals surface area contributed by atoms with Crippen LogP contribution in [-0.4, -0.2) is 21.3 Å². The van der Waals surface area contributed by atoms with Crippen molar-refractivity contribution in [3.05, 3.63) is 53.6 Å². The lowest BCUT2D eigenvalue weighted by atomic mass is 10.1. The number of hydrogen-bond donors (Lipinski definition) is 2. The number of aromatic nitrogens is 2. The lowest BCUT2D eigenvalue weighted by Crippen LogP contribution is -2.00. The van der Waals surface area contributed by atoms with E-state index in [1.165, 1.54) is 24.3 Å². The van der Waals surface area contributed by atoms with Gasteiger partial charge in [-0.1, -0.05) is 12.1 Å². The summed E-state index contributed by atoms with van der Waals surface area (Å²) in [6.45, 7) is 0. The number of carboxylic acids is 1. The van der Waals surface area contributed by atoms with Crippen LogP contribution in [0.5, 0.6) is 0 Å². The van der Waals surface area contributed by atoms with Gasteiger partial charge in [-0.05, 0) is 18.2 Å². The van der Waals surface area contributed by atoms with Gasteiger partial charge in [0.05, 0.1) is 11.1 Å². The highest BCUT2D eigenvalue weighted by molar-refractivity contribution is 5.99. The molecule has 2 aromatic carbocycles. The maximum atomic E-state index is 13.6. The lowest BCUT2D eigenvalue weighted by molar-refractivity contribution is 0.0692. The molecule has 0 fully saturated rings. The van der Waals surface area contributed by atoms with Gasteiger partial charge in [0.1, 0.15) is 17.3 Å². The Morgan fingerprint density at radius 3 is 2.70 bits per heavy atom. The average Bonchev–Trinajstić information content (AvgIpc) is 2.80. The molecule has 1 aromatic heterocycles. The molecular weight excluding hydrogens is 266 g/mol. The maximum absolute atomic E-state index is 13.6. The zero-order chi connectivity index (χ0) is 14.3. The first-order chi connectivity index (χ1) is 9.56. The van der Waals surface area contributed by atoms with Gasteiger partial charge in [-0.15, -0.1) is 0 Å². The average molecular weight is 274 g/mol. The standard InChI is InChI=1S/C14H8F2N2O2/c15-8-3-1-2-7(4-8)13-10-5-9(14(19)20)11(16)6-12(10)17-18-13/h1-6H,(H,17,18)(H,19,20). The van der Waals surface area contributed by atoms with Crippen LogP contribution >= 0.6 is 0 Å². The van der Waals surface area contributed by atoms with Crippen LogP contribution in [0.15, 0.2) is 36.4 Å². The largest absolute Gasteiger partial charge is 0.478 e. The molecule has 1 heterocycles. The molecular formula is C14H8F2N2O2.